The van der Waals surface area contributed by atoms with E-state index in [4.69, 9.17) is 11.0 Å². The van der Waals surface area contributed by atoms with Crippen LogP contribution in [0.2, 0.25) is 0 Å². The molecule has 5 heteroatoms. The molecule has 0 radical (unpaired) electrons. The van der Waals surface area contributed by atoms with Gasteiger partial charge in [0, 0.05) is 10.2 Å². The molecule has 0 fully saturated rings. The van der Waals surface area contributed by atoms with Crippen molar-refractivity contribution in [1.82, 2.24) is 0 Å². The van der Waals surface area contributed by atoms with Crippen molar-refractivity contribution in [1.29, 1.82) is 5.26 Å². The summed E-state index contributed by atoms with van der Waals surface area (Å²) in [7, 11) is -1.27. The molecule has 0 aliphatic carbocycles. The topological polar surface area (TPSA) is 66.9 Å². The van der Waals surface area contributed by atoms with E-state index in [0.29, 0.717) is 15.1 Å². The number of nitrogen functional groups attached to an aromatic ring is 1. The van der Waals surface area contributed by atoms with Crippen LogP contribution < -0.4 is 5.73 Å². The second kappa shape index (κ2) is 4.40. The maximum absolute atomic E-state index is 11.4. The molecule has 1 aromatic carbocycles. The van der Waals surface area contributed by atoms with E-state index < -0.39 is 10.8 Å². The zero-order chi connectivity index (χ0) is 9.84. The van der Waals surface area contributed by atoms with E-state index in [1.807, 2.05) is 6.07 Å². The Morgan fingerprint density at radius 1 is 1.62 bits per heavy atom. The summed E-state index contributed by atoms with van der Waals surface area (Å²) in [5.74, 6) is 0.00250. The van der Waals surface area contributed by atoms with E-state index in [2.05, 4.69) is 15.9 Å². The molecule has 13 heavy (non-hydrogen) atoms. The highest BCUT2D eigenvalue weighted by Crippen LogP contribution is 2.22. The van der Waals surface area contributed by atoms with Crippen LogP contribution in [-0.2, 0) is 10.8 Å². The van der Waals surface area contributed by atoms with Gasteiger partial charge in [-0.2, -0.15) is 5.26 Å². The van der Waals surface area contributed by atoms with Crippen molar-refractivity contribution in [3.63, 3.8) is 0 Å². The molecule has 0 spiro atoms. The normalized spacial score (nSPS) is 12.0. The van der Waals surface area contributed by atoms with Gasteiger partial charge in [-0.15, -0.1) is 0 Å². The van der Waals surface area contributed by atoms with E-state index in [-0.39, 0.29) is 5.75 Å². The molecule has 2 N–H and O–H groups in total. The molecule has 0 saturated heterocycles. The largest absolute Gasteiger partial charge is 0.399 e. The number of rotatable bonds is 2. The Bertz CT molecular complexity index is 386. The Kier molecular flexibility index (Phi) is 3.46. The van der Waals surface area contributed by atoms with Crippen molar-refractivity contribution in [3.8, 4) is 6.07 Å². The van der Waals surface area contributed by atoms with Crippen molar-refractivity contribution in [3.05, 3.63) is 22.7 Å². The number of anilines is 1. The minimum Gasteiger partial charge on any atom is -0.399 e. The quantitative estimate of drug-likeness (QED) is 0.821. The molecular weight excluding hydrogens is 252 g/mol. The first kappa shape index (κ1) is 10.2. The zero-order valence-electron chi connectivity index (χ0n) is 6.66. The predicted molar refractivity (Wildman–Crippen MR) is 55.4 cm³/mol. The van der Waals surface area contributed by atoms with Gasteiger partial charge in [-0.3, -0.25) is 4.21 Å². The summed E-state index contributed by atoms with van der Waals surface area (Å²) in [4.78, 5) is 0.607. The van der Waals surface area contributed by atoms with Gasteiger partial charge in [0.1, 0.15) is 5.75 Å². The molecular formula is C8H7BrN2OS. The monoisotopic (exact) mass is 258 g/mol. The first-order valence-electron chi connectivity index (χ1n) is 3.45. The average molecular weight is 259 g/mol. The summed E-state index contributed by atoms with van der Waals surface area (Å²) >= 11 is 3.24. The summed E-state index contributed by atoms with van der Waals surface area (Å²) in [6, 6.07) is 6.85. The molecule has 0 aliphatic rings. The van der Waals surface area contributed by atoms with Gasteiger partial charge in [0.15, 0.2) is 0 Å². The Morgan fingerprint density at radius 2 is 2.31 bits per heavy atom. The minimum atomic E-state index is -1.27. The second-order valence-electron chi connectivity index (χ2n) is 2.34. The molecule has 0 saturated carbocycles. The van der Waals surface area contributed by atoms with Crippen LogP contribution in [0.3, 0.4) is 0 Å². The maximum atomic E-state index is 11.4. The third kappa shape index (κ3) is 2.54. The number of nitrogens with zero attached hydrogens (tertiary/aromatic N) is 1. The standard InChI is InChI=1S/C8H7BrN2OS/c9-7-5-6(11)1-2-8(7)13(12)4-3-10/h1-2,5H,4,11H2. The third-order valence-corrected chi connectivity index (χ3v) is 3.55. The maximum Gasteiger partial charge on any atom is 0.115 e. The number of hydrogen-bond donors (Lipinski definition) is 1. The summed E-state index contributed by atoms with van der Waals surface area (Å²) in [6.45, 7) is 0. The van der Waals surface area contributed by atoms with Gasteiger partial charge < -0.3 is 5.73 Å². The first-order valence-corrected chi connectivity index (χ1v) is 5.56. The van der Waals surface area contributed by atoms with Crippen LogP contribution in [-0.4, -0.2) is 9.96 Å². The van der Waals surface area contributed by atoms with Crippen LogP contribution in [0.5, 0.6) is 0 Å². The third-order valence-electron chi connectivity index (χ3n) is 1.40. The molecule has 1 unspecified atom stereocenters. The molecule has 0 bridgehead atoms. The van der Waals surface area contributed by atoms with E-state index in [1.54, 1.807) is 18.2 Å². The highest BCUT2D eigenvalue weighted by atomic mass is 79.9. The average Bonchev–Trinajstić information content (AvgIpc) is 2.04. The van der Waals surface area contributed by atoms with Gasteiger partial charge in [0.05, 0.1) is 21.8 Å². The van der Waals surface area contributed by atoms with Crippen LogP contribution in [0, 0.1) is 11.3 Å². The van der Waals surface area contributed by atoms with Crippen molar-refractivity contribution in [2.24, 2.45) is 0 Å². The minimum absolute atomic E-state index is 0.00250. The molecule has 1 atom stereocenters. The zero-order valence-corrected chi connectivity index (χ0v) is 9.06. The number of benzene rings is 1. The van der Waals surface area contributed by atoms with Crippen molar-refractivity contribution in [2.45, 2.75) is 4.90 Å². The number of hydrogen-bond acceptors (Lipinski definition) is 3. The van der Waals surface area contributed by atoms with Crippen molar-refractivity contribution in [2.75, 3.05) is 11.5 Å². The lowest BCUT2D eigenvalue weighted by molar-refractivity contribution is 0.685. The van der Waals surface area contributed by atoms with Gasteiger partial charge in [0.25, 0.3) is 0 Å². The van der Waals surface area contributed by atoms with Crippen molar-refractivity contribution >= 4 is 32.4 Å². The Labute approximate surface area is 87.1 Å². The summed E-state index contributed by atoms with van der Waals surface area (Å²) in [5.41, 5.74) is 6.11. The van der Waals surface area contributed by atoms with E-state index in [9.17, 15) is 4.21 Å². The first-order chi connectivity index (χ1) is 6.15. The molecule has 1 aromatic rings. The smallest absolute Gasteiger partial charge is 0.115 e. The molecule has 1 rings (SSSR count). The molecule has 0 heterocycles. The predicted octanol–water partition coefficient (Wildman–Crippen LogP) is 1.66. The molecule has 0 aliphatic heterocycles. The fourth-order valence-electron chi connectivity index (χ4n) is 0.838. The van der Waals surface area contributed by atoms with Crippen LogP contribution in [0.1, 0.15) is 0 Å². The summed E-state index contributed by atoms with van der Waals surface area (Å²) < 4.78 is 12.1. The van der Waals surface area contributed by atoms with Gasteiger partial charge in [0.2, 0.25) is 0 Å². The molecule has 68 valence electrons. The summed E-state index contributed by atoms with van der Waals surface area (Å²) in [6.07, 6.45) is 0. The lowest BCUT2D eigenvalue weighted by Crippen LogP contribution is -1.97. The highest BCUT2D eigenvalue weighted by molar-refractivity contribution is 9.10. The van der Waals surface area contributed by atoms with Gasteiger partial charge >= 0.3 is 0 Å². The molecule has 3 nitrogen and oxygen atoms in total. The van der Waals surface area contributed by atoms with Crippen molar-refractivity contribution < 1.29 is 4.21 Å². The Hall–Kier alpha value is -0.860. The fraction of sp³-hybridized carbons (Fsp3) is 0.125. The van der Waals surface area contributed by atoms with Crippen LogP contribution in [0.4, 0.5) is 5.69 Å². The van der Waals surface area contributed by atoms with E-state index in [0.717, 1.165) is 0 Å². The SMILES string of the molecule is N#CCS(=O)c1ccc(N)cc1Br. The van der Waals surface area contributed by atoms with E-state index >= 15 is 0 Å². The van der Waals surface area contributed by atoms with Gasteiger partial charge in [-0.25, -0.2) is 0 Å². The summed E-state index contributed by atoms with van der Waals surface area (Å²) in [5, 5.41) is 8.36. The highest BCUT2D eigenvalue weighted by Gasteiger charge is 2.07. The number of nitriles is 1. The van der Waals surface area contributed by atoms with E-state index in [1.165, 1.54) is 0 Å². The Morgan fingerprint density at radius 3 is 2.85 bits per heavy atom. The lowest BCUT2D eigenvalue weighted by Gasteiger charge is -2.01. The Balaban J connectivity index is 3.03. The van der Waals surface area contributed by atoms with Crippen LogP contribution in [0.15, 0.2) is 27.6 Å². The number of nitrogens with two attached hydrogens (primary N) is 1. The second-order valence-corrected chi connectivity index (χ2v) is 4.61. The molecule has 0 amide bonds. The number of halogens is 1. The molecule has 0 aromatic heterocycles. The van der Waals surface area contributed by atoms with Gasteiger partial charge in [-0.1, -0.05) is 0 Å². The van der Waals surface area contributed by atoms with Crippen LogP contribution in [0.25, 0.3) is 0 Å². The lowest BCUT2D eigenvalue weighted by atomic mass is 10.3. The van der Waals surface area contributed by atoms with Crippen LogP contribution >= 0.6 is 15.9 Å². The fourth-order valence-corrected chi connectivity index (χ4v) is 2.55. The van der Waals surface area contributed by atoms with Gasteiger partial charge in [-0.05, 0) is 34.1 Å².